The van der Waals surface area contributed by atoms with Crippen molar-refractivity contribution in [3.8, 4) is 0 Å². The molecule has 2 atom stereocenters. The van der Waals surface area contributed by atoms with Crippen molar-refractivity contribution in [1.29, 1.82) is 0 Å². The maximum absolute atomic E-state index is 11.8. The molecule has 0 saturated carbocycles. The molecule has 4 N–H and O–H groups in total. The molecule has 2 rings (SSSR count). The van der Waals surface area contributed by atoms with Crippen molar-refractivity contribution in [1.82, 2.24) is 4.57 Å². The van der Waals surface area contributed by atoms with E-state index in [1.807, 2.05) is 9.47 Å². The first kappa shape index (κ1) is 11.0. The number of aromatic nitrogens is 1. The highest BCUT2D eigenvalue weighted by Crippen LogP contribution is 2.29. The van der Waals surface area contributed by atoms with Crippen LogP contribution >= 0.6 is 9.47 Å². The standard InChI is InChI=1S/C9H12N3O3P/c10-4-3-5(11)8(13)12-6(4)1-2-7(12)9(14)15-16/h3,7H,1-2,10-11,16H2. The molecule has 0 amide bonds. The number of nitrogen functional groups attached to an aromatic ring is 2. The molecule has 1 aliphatic rings. The Morgan fingerprint density at radius 1 is 1.50 bits per heavy atom. The number of fused-ring (bicyclic) bond motifs is 1. The van der Waals surface area contributed by atoms with Crippen molar-refractivity contribution in [3.05, 3.63) is 22.1 Å². The maximum Gasteiger partial charge on any atom is 0.331 e. The molecule has 0 spiro atoms. The van der Waals surface area contributed by atoms with Gasteiger partial charge in [-0.2, -0.15) is 0 Å². The van der Waals surface area contributed by atoms with E-state index in [4.69, 9.17) is 11.5 Å². The third kappa shape index (κ3) is 1.46. The Balaban J connectivity index is 2.62. The highest BCUT2D eigenvalue weighted by atomic mass is 31.0. The molecular formula is C9H12N3O3P. The fourth-order valence-electron chi connectivity index (χ4n) is 2.01. The van der Waals surface area contributed by atoms with Gasteiger partial charge >= 0.3 is 5.97 Å². The zero-order valence-corrected chi connectivity index (χ0v) is 9.63. The van der Waals surface area contributed by atoms with E-state index < -0.39 is 12.0 Å². The Morgan fingerprint density at radius 2 is 2.19 bits per heavy atom. The Bertz CT molecular complexity index is 511. The van der Waals surface area contributed by atoms with Gasteiger partial charge in [-0.05, 0) is 18.9 Å². The van der Waals surface area contributed by atoms with E-state index in [-0.39, 0.29) is 11.2 Å². The Kier molecular flexibility index (Phi) is 2.59. The number of rotatable bonds is 1. The first-order valence-electron chi connectivity index (χ1n) is 4.76. The van der Waals surface area contributed by atoms with Crippen LogP contribution in [0.2, 0.25) is 0 Å². The zero-order valence-electron chi connectivity index (χ0n) is 8.47. The Morgan fingerprint density at radius 3 is 2.81 bits per heavy atom. The summed E-state index contributed by atoms with van der Waals surface area (Å²) in [6, 6.07) is 0.813. The van der Waals surface area contributed by atoms with Crippen LogP contribution in [0.25, 0.3) is 0 Å². The quantitative estimate of drug-likeness (QED) is 0.665. The highest BCUT2D eigenvalue weighted by molar-refractivity contribution is 7.10. The number of anilines is 2. The average Bonchev–Trinajstić information content (AvgIpc) is 2.70. The molecule has 0 bridgehead atoms. The minimum Gasteiger partial charge on any atom is -0.450 e. The van der Waals surface area contributed by atoms with E-state index in [2.05, 4.69) is 4.52 Å². The summed E-state index contributed by atoms with van der Waals surface area (Å²) in [6.07, 6.45) is 1.09. The first-order valence-corrected chi connectivity index (χ1v) is 5.23. The van der Waals surface area contributed by atoms with Gasteiger partial charge in [-0.25, -0.2) is 4.79 Å². The topological polar surface area (TPSA) is 100 Å². The van der Waals surface area contributed by atoms with Crippen LogP contribution in [0.5, 0.6) is 0 Å². The number of nitrogens with zero attached hydrogens (tertiary/aromatic N) is 1. The summed E-state index contributed by atoms with van der Waals surface area (Å²) in [4.78, 5) is 23.3. The summed E-state index contributed by atoms with van der Waals surface area (Å²) in [5.74, 6) is -0.476. The van der Waals surface area contributed by atoms with Gasteiger partial charge in [0, 0.05) is 5.69 Å². The Labute approximate surface area is 93.8 Å². The number of carbonyl (C=O) groups is 1. The maximum atomic E-state index is 11.8. The van der Waals surface area contributed by atoms with Crippen LogP contribution < -0.4 is 17.0 Å². The fourth-order valence-corrected chi connectivity index (χ4v) is 2.17. The second-order valence-electron chi connectivity index (χ2n) is 3.67. The predicted octanol–water partition coefficient (Wildman–Crippen LogP) is -0.167. The van der Waals surface area contributed by atoms with Gasteiger partial charge in [0.15, 0.2) is 0 Å². The van der Waals surface area contributed by atoms with Crippen LogP contribution in [0.4, 0.5) is 11.4 Å². The van der Waals surface area contributed by atoms with Crippen LogP contribution in [0.1, 0.15) is 18.2 Å². The number of hydrogen-bond acceptors (Lipinski definition) is 5. The van der Waals surface area contributed by atoms with Crippen molar-refractivity contribution >= 4 is 26.8 Å². The molecule has 7 heteroatoms. The molecule has 0 saturated heterocycles. The molecule has 2 unspecified atom stereocenters. The normalized spacial score (nSPS) is 18.2. The number of nitrogens with two attached hydrogens (primary N) is 2. The molecule has 0 fully saturated rings. The summed E-state index contributed by atoms with van der Waals surface area (Å²) in [5.41, 5.74) is 12.0. The fraction of sp³-hybridized carbons (Fsp3) is 0.333. The summed E-state index contributed by atoms with van der Waals surface area (Å²) in [5, 5.41) is 0. The number of pyridine rings is 1. The van der Waals surface area contributed by atoms with Crippen LogP contribution in [-0.4, -0.2) is 10.5 Å². The summed E-state index contributed by atoms with van der Waals surface area (Å²) < 4.78 is 5.89. The summed E-state index contributed by atoms with van der Waals surface area (Å²) in [6.45, 7) is 0. The van der Waals surface area contributed by atoms with Gasteiger partial charge in [-0.3, -0.25) is 9.36 Å². The Hall–Kier alpha value is -1.55. The predicted molar refractivity (Wildman–Crippen MR) is 62.7 cm³/mol. The second kappa shape index (κ2) is 3.79. The van der Waals surface area contributed by atoms with Gasteiger partial charge in [0.25, 0.3) is 5.56 Å². The largest absolute Gasteiger partial charge is 0.450 e. The van der Waals surface area contributed by atoms with Crippen LogP contribution in [0, 0.1) is 0 Å². The van der Waals surface area contributed by atoms with Gasteiger partial charge in [0.2, 0.25) is 0 Å². The average molecular weight is 241 g/mol. The van der Waals surface area contributed by atoms with Crippen LogP contribution in [0.3, 0.4) is 0 Å². The van der Waals surface area contributed by atoms with Crippen molar-refractivity contribution in [2.45, 2.75) is 18.9 Å². The van der Waals surface area contributed by atoms with E-state index in [9.17, 15) is 9.59 Å². The van der Waals surface area contributed by atoms with E-state index in [1.165, 1.54) is 10.6 Å². The van der Waals surface area contributed by atoms with E-state index in [0.717, 1.165) is 0 Å². The summed E-state index contributed by atoms with van der Waals surface area (Å²) in [7, 11) is 1.88. The SMILES string of the molecule is Nc1cc(N)c(=O)n2c1CCC2C(=O)OP. The third-order valence-electron chi connectivity index (χ3n) is 2.76. The van der Waals surface area contributed by atoms with Crippen molar-refractivity contribution in [2.24, 2.45) is 0 Å². The molecule has 16 heavy (non-hydrogen) atoms. The molecule has 1 aromatic rings. The second-order valence-corrected chi connectivity index (χ2v) is 3.90. The monoisotopic (exact) mass is 241 g/mol. The smallest absolute Gasteiger partial charge is 0.331 e. The van der Waals surface area contributed by atoms with Gasteiger partial charge in [-0.15, -0.1) is 0 Å². The summed E-state index contributed by atoms with van der Waals surface area (Å²) >= 11 is 0. The molecule has 2 heterocycles. The number of hydrogen-bond donors (Lipinski definition) is 2. The lowest BCUT2D eigenvalue weighted by molar-refractivity contribution is -0.136. The molecule has 0 aliphatic carbocycles. The lowest BCUT2D eigenvalue weighted by Crippen LogP contribution is -2.30. The minimum atomic E-state index is -0.620. The first-order chi connectivity index (χ1) is 7.56. The van der Waals surface area contributed by atoms with Gasteiger partial charge in [-0.1, -0.05) is 0 Å². The minimum absolute atomic E-state index is 0.0460. The lowest BCUT2D eigenvalue weighted by Gasteiger charge is -2.13. The van der Waals surface area contributed by atoms with E-state index in [0.29, 0.717) is 24.2 Å². The number of carbonyl (C=O) groups excluding carboxylic acids is 1. The zero-order chi connectivity index (χ0) is 11.9. The lowest BCUT2D eigenvalue weighted by atomic mass is 10.2. The molecule has 0 radical (unpaired) electrons. The molecule has 86 valence electrons. The highest BCUT2D eigenvalue weighted by Gasteiger charge is 2.31. The third-order valence-corrected chi connectivity index (χ3v) is 2.99. The van der Waals surface area contributed by atoms with E-state index in [1.54, 1.807) is 0 Å². The van der Waals surface area contributed by atoms with Crippen LogP contribution in [0.15, 0.2) is 10.9 Å². The van der Waals surface area contributed by atoms with E-state index >= 15 is 0 Å². The van der Waals surface area contributed by atoms with Crippen molar-refractivity contribution < 1.29 is 9.32 Å². The molecule has 1 aromatic heterocycles. The van der Waals surface area contributed by atoms with Gasteiger partial charge in [0.05, 0.1) is 20.8 Å². The molecule has 6 nitrogen and oxygen atoms in total. The molecule has 0 aromatic carbocycles. The molecule has 1 aliphatic heterocycles. The van der Waals surface area contributed by atoms with Crippen molar-refractivity contribution in [3.63, 3.8) is 0 Å². The van der Waals surface area contributed by atoms with Crippen LogP contribution in [-0.2, 0) is 15.7 Å². The van der Waals surface area contributed by atoms with Gasteiger partial charge in [0.1, 0.15) is 6.04 Å². The molecular weight excluding hydrogens is 229 g/mol. The van der Waals surface area contributed by atoms with Gasteiger partial charge < -0.3 is 16.0 Å². The van der Waals surface area contributed by atoms with Crippen molar-refractivity contribution in [2.75, 3.05) is 11.5 Å².